The van der Waals surface area contributed by atoms with Crippen LogP contribution in [0.2, 0.25) is 0 Å². The van der Waals surface area contributed by atoms with Crippen molar-refractivity contribution in [2.45, 2.75) is 46.1 Å². The number of nitriles is 1. The minimum atomic E-state index is 0.00290. The first-order valence-corrected chi connectivity index (χ1v) is 11.9. The van der Waals surface area contributed by atoms with E-state index in [1.807, 2.05) is 39.0 Å². The molecule has 0 bridgehead atoms. The molecule has 1 aliphatic carbocycles. The number of amides is 1. The third kappa shape index (κ3) is 6.67. The zero-order chi connectivity index (χ0) is 25.4. The molecule has 0 atom stereocenters. The number of nitrogens with one attached hydrogen (secondary N) is 1. The highest BCUT2D eigenvalue weighted by Gasteiger charge is 2.20. The van der Waals surface area contributed by atoms with Crippen LogP contribution in [0.15, 0.2) is 40.9 Å². The summed E-state index contributed by atoms with van der Waals surface area (Å²) in [4.78, 5) is 16.9. The Morgan fingerprint density at radius 1 is 1.26 bits per heavy atom. The molecule has 4 rings (SSSR count). The Labute approximate surface area is 206 Å². The number of hydrogen-bond acceptors (Lipinski definition) is 7. The minimum absolute atomic E-state index is 0.00290. The topological polar surface area (TPSA) is 104 Å². The van der Waals surface area contributed by atoms with Gasteiger partial charge in [-0.2, -0.15) is 10.2 Å². The SMILES string of the molecule is CC(C)Oc1ccc(-c2nc(-c3cccc4c3CCC4)no2)cc1C#N.CCNCC(=O)N(C)C. The first kappa shape index (κ1) is 25.9. The molecule has 0 aliphatic heterocycles. The fourth-order valence-corrected chi connectivity index (χ4v) is 3.78. The summed E-state index contributed by atoms with van der Waals surface area (Å²) in [6.45, 7) is 7.13. The highest BCUT2D eigenvalue weighted by molar-refractivity contribution is 5.77. The number of carbonyl (C=O) groups excluding carboxylic acids is 1. The molecule has 0 fully saturated rings. The van der Waals surface area contributed by atoms with Crippen molar-refractivity contribution in [1.82, 2.24) is 20.4 Å². The number of benzene rings is 2. The maximum absolute atomic E-state index is 10.8. The van der Waals surface area contributed by atoms with Crippen LogP contribution in [0.3, 0.4) is 0 Å². The van der Waals surface area contributed by atoms with Gasteiger partial charge in [0.25, 0.3) is 5.89 Å². The molecule has 0 spiro atoms. The zero-order valence-electron chi connectivity index (χ0n) is 21.1. The number of aryl methyl sites for hydroxylation is 1. The second-order valence-electron chi connectivity index (χ2n) is 8.78. The van der Waals surface area contributed by atoms with E-state index in [2.05, 4.69) is 27.6 Å². The van der Waals surface area contributed by atoms with Gasteiger partial charge in [-0.15, -0.1) is 0 Å². The third-order valence-corrected chi connectivity index (χ3v) is 5.55. The Morgan fingerprint density at radius 2 is 2.06 bits per heavy atom. The zero-order valence-corrected chi connectivity index (χ0v) is 21.1. The predicted molar refractivity (Wildman–Crippen MR) is 135 cm³/mol. The molecule has 0 radical (unpaired) electrons. The Morgan fingerprint density at radius 3 is 2.74 bits per heavy atom. The second-order valence-corrected chi connectivity index (χ2v) is 8.78. The molecule has 1 heterocycles. The molecule has 35 heavy (non-hydrogen) atoms. The molecular formula is C27H33N5O3. The van der Waals surface area contributed by atoms with Gasteiger partial charge < -0.3 is 19.5 Å². The van der Waals surface area contributed by atoms with Gasteiger partial charge in [0, 0.05) is 25.2 Å². The molecule has 1 aromatic heterocycles. The molecule has 1 amide bonds. The molecule has 0 unspecified atom stereocenters. The summed E-state index contributed by atoms with van der Waals surface area (Å²) >= 11 is 0. The van der Waals surface area contributed by atoms with Crippen molar-refractivity contribution < 1.29 is 14.1 Å². The van der Waals surface area contributed by atoms with E-state index >= 15 is 0 Å². The number of carbonyl (C=O) groups is 1. The largest absolute Gasteiger partial charge is 0.490 e. The number of ether oxygens (including phenoxy) is 1. The standard InChI is InChI=1S/C21H19N3O2.C6H14N2O/c1-13(2)25-19-10-9-15(11-16(19)12-22)21-23-20(24-26-21)18-8-4-6-14-5-3-7-17(14)18;1-4-7-5-6(9)8(2)3/h4,6,8-11,13H,3,5,7H2,1-2H3;7H,4-5H2,1-3H3. The molecule has 0 saturated heterocycles. The predicted octanol–water partition coefficient (Wildman–Crippen LogP) is 4.24. The highest BCUT2D eigenvalue weighted by atomic mass is 16.5. The van der Waals surface area contributed by atoms with E-state index in [1.54, 1.807) is 31.1 Å². The molecule has 8 heteroatoms. The van der Waals surface area contributed by atoms with Gasteiger partial charge in [-0.25, -0.2) is 0 Å². The van der Waals surface area contributed by atoms with Gasteiger partial charge >= 0.3 is 0 Å². The lowest BCUT2D eigenvalue weighted by Gasteiger charge is -2.11. The molecule has 1 aliphatic rings. The normalized spacial score (nSPS) is 11.9. The van der Waals surface area contributed by atoms with Gasteiger partial charge in [0.2, 0.25) is 11.7 Å². The summed E-state index contributed by atoms with van der Waals surface area (Å²) in [5.74, 6) is 1.69. The van der Waals surface area contributed by atoms with Gasteiger partial charge in [0.15, 0.2) is 0 Å². The highest BCUT2D eigenvalue weighted by Crippen LogP contribution is 2.32. The van der Waals surface area contributed by atoms with E-state index in [9.17, 15) is 10.1 Å². The van der Waals surface area contributed by atoms with Crippen molar-refractivity contribution in [3.8, 4) is 34.7 Å². The van der Waals surface area contributed by atoms with E-state index in [4.69, 9.17) is 9.26 Å². The quantitative estimate of drug-likeness (QED) is 0.545. The smallest absolute Gasteiger partial charge is 0.258 e. The average Bonchev–Trinajstić information content (AvgIpc) is 3.52. The van der Waals surface area contributed by atoms with E-state index < -0.39 is 0 Å². The average molecular weight is 476 g/mol. The summed E-state index contributed by atoms with van der Waals surface area (Å²) in [5, 5.41) is 16.5. The lowest BCUT2D eigenvalue weighted by atomic mass is 10.0. The fraction of sp³-hybridized carbons (Fsp3) is 0.407. The Bertz CT molecular complexity index is 1190. The van der Waals surface area contributed by atoms with Crippen molar-refractivity contribution in [3.63, 3.8) is 0 Å². The molecule has 0 saturated carbocycles. The molecule has 184 valence electrons. The van der Waals surface area contributed by atoms with Crippen LogP contribution in [0, 0.1) is 11.3 Å². The van der Waals surface area contributed by atoms with Crippen LogP contribution >= 0.6 is 0 Å². The number of nitrogens with zero attached hydrogens (tertiary/aromatic N) is 4. The van der Waals surface area contributed by atoms with Gasteiger partial charge in [-0.3, -0.25) is 4.79 Å². The van der Waals surface area contributed by atoms with Crippen molar-refractivity contribution in [2.24, 2.45) is 0 Å². The molecule has 2 aromatic carbocycles. The van der Waals surface area contributed by atoms with Gasteiger partial charge in [-0.1, -0.05) is 30.3 Å². The van der Waals surface area contributed by atoms with E-state index in [0.717, 1.165) is 24.9 Å². The first-order chi connectivity index (χ1) is 16.8. The Balaban J connectivity index is 0.000000327. The summed E-state index contributed by atoms with van der Waals surface area (Å²) in [6, 6.07) is 13.8. The Kier molecular flexibility index (Phi) is 8.98. The van der Waals surface area contributed by atoms with E-state index in [-0.39, 0.29) is 12.0 Å². The van der Waals surface area contributed by atoms with E-state index in [0.29, 0.717) is 35.1 Å². The van der Waals surface area contributed by atoms with Crippen LogP contribution in [-0.2, 0) is 17.6 Å². The number of hydrogen-bond donors (Lipinski definition) is 1. The van der Waals surface area contributed by atoms with Crippen LogP contribution in [0.5, 0.6) is 5.75 Å². The number of aromatic nitrogens is 2. The number of fused-ring (bicyclic) bond motifs is 1. The number of likely N-dealkylation sites (N-methyl/N-ethyl adjacent to an activating group) is 2. The molecule has 1 N–H and O–H groups in total. The lowest BCUT2D eigenvalue weighted by molar-refractivity contribution is -0.127. The maximum Gasteiger partial charge on any atom is 0.258 e. The summed E-state index contributed by atoms with van der Waals surface area (Å²) in [5.41, 5.74) is 4.89. The molecular weight excluding hydrogens is 442 g/mol. The van der Waals surface area contributed by atoms with Crippen LogP contribution in [0.1, 0.15) is 43.9 Å². The van der Waals surface area contributed by atoms with E-state index in [1.165, 1.54) is 17.5 Å². The van der Waals surface area contributed by atoms with Crippen molar-refractivity contribution in [1.29, 1.82) is 5.26 Å². The maximum atomic E-state index is 10.8. The fourth-order valence-electron chi connectivity index (χ4n) is 3.78. The van der Waals surface area contributed by atoms with Crippen LogP contribution in [0.4, 0.5) is 0 Å². The van der Waals surface area contributed by atoms with Gasteiger partial charge in [-0.05, 0) is 69.0 Å². The monoisotopic (exact) mass is 475 g/mol. The first-order valence-electron chi connectivity index (χ1n) is 11.9. The summed E-state index contributed by atoms with van der Waals surface area (Å²) in [7, 11) is 3.50. The molecule has 8 nitrogen and oxygen atoms in total. The van der Waals surface area contributed by atoms with Gasteiger partial charge in [0.05, 0.1) is 18.2 Å². The minimum Gasteiger partial charge on any atom is -0.490 e. The summed E-state index contributed by atoms with van der Waals surface area (Å²) < 4.78 is 11.1. The van der Waals surface area contributed by atoms with Gasteiger partial charge in [0.1, 0.15) is 11.8 Å². The molecule has 3 aromatic rings. The second kappa shape index (κ2) is 12.1. The summed E-state index contributed by atoms with van der Waals surface area (Å²) in [6.07, 6.45) is 3.33. The van der Waals surface area contributed by atoms with Crippen LogP contribution < -0.4 is 10.1 Å². The third-order valence-electron chi connectivity index (χ3n) is 5.55. The van der Waals surface area contributed by atoms with Crippen LogP contribution in [0.25, 0.3) is 22.8 Å². The Hall–Kier alpha value is -3.70. The van der Waals surface area contributed by atoms with Crippen molar-refractivity contribution in [2.75, 3.05) is 27.2 Å². The van der Waals surface area contributed by atoms with Crippen LogP contribution in [-0.4, -0.2) is 54.2 Å². The van der Waals surface area contributed by atoms with Crippen molar-refractivity contribution >= 4 is 5.91 Å². The number of rotatable bonds is 7. The van der Waals surface area contributed by atoms with Crippen molar-refractivity contribution in [3.05, 3.63) is 53.1 Å². The lowest BCUT2D eigenvalue weighted by Crippen LogP contribution is -2.32.